The van der Waals surface area contributed by atoms with Crippen LogP contribution in [0, 0.1) is 5.41 Å². The maximum Gasteiger partial charge on any atom is 0.142 e. The second-order valence-corrected chi connectivity index (χ2v) is 5.42. The zero-order valence-electron chi connectivity index (χ0n) is 9.81. The molecule has 1 aromatic rings. The molecule has 0 unspecified atom stereocenters. The zero-order chi connectivity index (χ0) is 12.3. The van der Waals surface area contributed by atoms with Gasteiger partial charge in [0, 0.05) is 21.9 Å². The smallest absolute Gasteiger partial charge is 0.142 e. The van der Waals surface area contributed by atoms with Gasteiger partial charge < -0.3 is 0 Å². The van der Waals surface area contributed by atoms with Crippen molar-refractivity contribution in [1.29, 1.82) is 0 Å². The summed E-state index contributed by atoms with van der Waals surface area (Å²) in [5, 5.41) is 1.16. The van der Waals surface area contributed by atoms with Crippen molar-refractivity contribution >= 4 is 29.0 Å². The molecule has 0 aliphatic carbocycles. The minimum atomic E-state index is -0.289. The molecule has 16 heavy (non-hydrogen) atoms. The first-order valence-electron chi connectivity index (χ1n) is 5.34. The van der Waals surface area contributed by atoms with E-state index in [4.69, 9.17) is 23.2 Å². The molecule has 3 heteroatoms. The lowest BCUT2D eigenvalue weighted by Gasteiger charge is -2.21. The minimum absolute atomic E-state index is 0.208. The van der Waals surface area contributed by atoms with Crippen LogP contribution in [0.3, 0.4) is 0 Å². The number of benzene rings is 1. The summed E-state index contributed by atoms with van der Waals surface area (Å²) >= 11 is 11.8. The molecular weight excluding hydrogens is 243 g/mol. The van der Waals surface area contributed by atoms with Gasteiger partial charge in [0.2, 0.25) is 0 Å². The Balaban J connectivity index is 2.85. The van der Waals surface area contributed by atoms with Crippen LogP contribution in [0.25, 0.3) is 0 Å². The normalized spacial score (nSPS) is 11.6. The van der Waals surface area contributed by atoms with Gasteiger partial charge in [0.25, 0.3) is 0 Å². The number of rotatable bonds is 4. The van der Waals surface area contributed by atoms with E-state index in [1.54, 1.807) is 12.1 Å². The lowest BCUT2D eigenvalue weighted by Crippen LogP contribution is -2.25. The van der Waals surface area contributed by atoms with Gasteiger partial charge >= 0.3 is 0 Å². The molecule has 0 bridgehead atoms. The zero-order valence-corrected chi connectivity index (χ0v) is 11.3. The van der Waals surface area contributed by atoms with Gasteiger partial charge in [-0.1, -0.05) is 50.0 Å². The van der Waals surface area contributed by atoms with E-state index in [1.807, 2.05) is 26.8 Å². The van der Waals surface area contributed by atoms with Crippen molar-refractivity contribution in [1.82, 2.24) is 0 Å². The highest BCUT2D eigenvalue weighted by atomic mass is 35.5. The summed E-state index contributed by atoms with van der Waals surface area (Å²) in [6.45, 7) is 5.93. The molecular formula is C13H16Cl2O. The molecule has 0 spiro atoms. The Bertz CT molecular complexity index is 397. The van der Waals surface area contributed by atoms with E-state index in [-0.39, 0.29) is 11.2 Å². The standard InChI is InChI=1S/C13H16Cl2O/c1-4-13(2,3)12(16)7-9-5-6-10(14)8-11(9)15/h5-6,8H,4,7H2,1-3H3. The van der Waals surface area contributed by atoms with Crippen molar-refractivity contribution in [2.24, 2.45) is 5.41 Å². The van der Waals surface area contributed by atoms with E-state index in [9.17, 15) is 4.79 Å². The van der Waals surface area contributed by atoms with Gasteiger partial charge in [-0.25, -0.2) is 0 Å². The number of hydrogen-bond acceptors (Lipinski definition) is 1. The summed E-state index contributed by atoms with van der Waals surface area (Å²) in [4.78, 5) is 12.0. The molecule has 0 N–H and O–H groups in total. The first-order chi connectivity index (χ1) is 7.36. The minimum Gasteiger partial charge on any atom is -0.299 e. The number of Topliss-reactive ketones (excluding diaryl/α,β-unsaturated/α-hetero) is 1. The van der Waals surface area contributed by atoms with Crippen molar-refractivity contribution in [3.8, 4) is 0 Å². The fraction of sp³-hybridized carbons (Fsp3) is 0.462. The Kier molecular flexibility index (Phi) is 4.40. The first-order valence-corrected chi connectivity index (χ1v) is 6.09. The van der Waals surface area contributed by atoms with E-state index >= 15 is 0 Å². The van der Waals surface area contributed by atoms with Crippen LogP contribution in [0.15, 0.2) is 18.2 Å². The second-order valence-electron chi connectivity index (χ2n) is 4.57. The van der Waals surface area contributed by atoms with E-state index in [1.165, 1.54) is 0 Å². The second kappa shape index (κ2) is 5.20. The molecule has 0 amide bonds. The summed E-state index contributed by atoms with van der Waals surface area (Å²) < 4.78 is 0. The molecule has 0 heterocycles. The third-order valence-corrected chi connectivity index (χ3v) is 3.59. The average molecular weight is 259 g/mol. The van der Waals surface area contributed by atoms with Crippen LogP contribution in [0.4, 0.5) is 0 Å². The van der Waals surface area contributed by atoms with Crippen molar-refractivity contribution in [3.63, 3.8) is 0 Å². The summed E-state index contributed by atoms with van der Waals surface area (Å²) in [5.74, 6) is 0.208. The van der Waals surface area contributed by atoms with Crippen LogP contribution in [0.1, 0.15) is 32.8 Å². The van der Waals surface area contributed by atoms with Crippen LogP contribution in [-0.2, 0) is 11.2 Å². The van der Waals surface area contributed by atoms with Crippen molar-refractivity contribution in [3.05, 3.63) is 33.8 Å². The summed E-state index contributed by atoms with van der Waals surface area (Å²) in [7, 11) is 0. The van der Waals surface area contributed by atoms with Crippen LogP contribution in [-0.4, -0.2) is 5.78 Å². The molecule has 1 aromatic carbocycles. The van der Waals surface area contributed by atoms with Gasteiger partial charge in [0.1, 0.15) is 5.78 Å². The van der Waals surface area contributed by atoms with E-state index < -0.39 is 0 Å². The van der Waals surface area contributed by atoms with Crippen LogP contribution in [0.5, 0.6) is 0 Å². The molecule has 0 saturated carbocycles. The lowest BCUT2D eigenvalue weighted by molar-refractivity contribution is -0.126. The average Bonchev–Trinajstić information content (AvgIpc) is 2.22. The largest absolute Gasteiger partial charge is 0.299 e. The van der Waals surface area contributed by atoms with E-state index in [2.05, 4.69) is 0 Å². The van der Waals surface area contributed by atoms with Crippen molar-refractivity contribution in [2.75, 3.05) is 0 Å². The molecule has 0 saturated heterocycles. The third kappa shape index (κ3) is 3.23. The predicted molar refractivity (Wildman–Crippen MR) is 69.2 cm³/mol. The number of carbonyl (C=O) groups is 1. The summed E-state index contributed by atoms with van der Waals surface area (Å²) in [6.07, 6.45) is 1.20. The highest BCUT2D eigenvalue weighted by Gasteiger charge is 2.25. The lowest BCUT2D eigenvalue weighted by atomic mass is 9.82. The molecule has 0 fully saturated rings. The van der Waals surface area contributed by atoms with Crippen LogP contribution < -0.4 is 0 Å². The van der Waals surface area contributed by atoms with Gasteiger partial charge in [0.15, 0.2) is 0 Å². The molecule has 0 aliphatic rings. The molecule has 0 atom stereocenters. The molecule has 88 valence electrons. The quantitative estimate of drug-likeness (QED) is 0.775. The van der Waals surface area contributed by atoms with Gasteiger partial charge in [-0.2, -0.15) is 0 Å². The summed E-state index contributed by atoms with van der Waals surface area (Å²) in [6, 6.07) is 5.24. The van der Waals surface area contributed by atoms with Gasteiger partial charge in [0.05, 0.1) is 0 Å². The fourth-order valence-electron chi connectivity index (χ4n) is 1.27. The Labute approximate surface area is 107 Å². The Hall–Kier alpha value is -0.530. The third-order valence-electron chi connectivity index (χ3n) is 3.00. The van der Waals surface area contributed by atoms with Crippen molar-refractivity contribution in [2.45, 2.75) is 33.6 Å². The number of carbonyl (C=O) groups excluding carboxylic acids is 1. The van der Waals surface area contributed by atoms with Crippen LogP contribution in [0.2, 0.25) is 10.0 Å². The molecule has 0 radical (unpaired) electrons. The Morgan fingerprint density at radius 1 is 1.31 bits per heavy atom. The Morgan fingerprint density at radius 2 is 1.94 bits per heavy atom. The molecule has 0 aromatic heterocycles. The van der Waals surface area contributed by atoms with Crippen molar-refractivity contribution < 1.29 is 4.79 Å². The van der Waals surface area contributed by atoms with E-state index in [0.717, 1.165) is 12.0 Å². The number of hydrogen-bond donors (Lipinski definition) is 0. The summed E-state index contributed by atoms with van der Waals surface area (Å²) in [5.41, 5.74) is 0.556. The monoisotopic (exact) mass is 258 g/mol. The highest BCUT2D eigenvalue weighted by molar-refractivity contribution is 6.35. The van der Waals surface area contributed by atoms with Gasteiger partial charge in [-0.3, -0.25) is 4.79 Å². The SMILES string of the molecule is CCC(C)(C)C(=O)Cc1ccc(Cl)cc1Cl. The van der Waals surface area contributed by atoms with Crippen LogP contribution >= 0.6 is 23.2 Å². The maximum absolute atomic E-state index is 12.0. The Morgan fingerprint density at radius 3 is 2.44 bits per heavy atom. The van der Waals surface area contributed by atoms with Gasteiger partial charge in [-0.15, -0.1) is 0 Å². The number of ketones is 1. The highest BCUT2D eigenvalue weighted by Crippen LogP contribution is 2.27. The topological polar surface area (TPSA) is 17.1 Å². The first kappa shape index (κ1) is 13.5. The predicted octanol–water partition coefficient (Wildman–Crippen LogP) is 4.54. The fourth-order valence-corrected chi connectivity index (χ4v) is 1.75. The number of halogens is 2. The van der Waals surface area contributed by atoms with Gasteiger partial charge in [-0.05, 0) is 24.1 Å². The maximum atomic E-state index is 12.0. The van der Waals surface area contributed by atoms with E-state index in [0.29, 0.717) is 16.5 Å². The molecule has 1 nitrogen and oxygen atoms in total. The molecule has 1 rings (SSSR count). The molecule has 0 aliphatic heterocycles.